The van der Waals surface area contributed by atoms with Gasteiger partial charge in [0.25, 0.3) is 0 Å². The molecule has 1 aliphatic heterocycles. The Morgan fingerprint density at radius 3 is 2.27 bits per heavy atom. The van der Waals surface area contributed by atoms with Crippen molar-refractivity contribution in [2.24, 2.45) is 10.8 Å². The smallest absolute Gasteiger partial charge is 0.326 e. The highest BCUT2D eigenvalue weighted by Crippen LogP contribution is 2.78. The van der Waals surface area contributed by atoms with Gasteiger partial charge in [0.2, 0.25) is 0 Å². The minimum Gasteiger partial charge on any atom is -0.425 e. The first-order valence-corrected chi connectivity index (χ1v) is 9.66. The Hall–Kier alpha value is -1.79. The molecule has 132 valence electrons. The van der Waals surface area contributed by atoms with Crippen LogP contribution in [0.2, 0.25) is 0 Å². The second kappa shape index (κ2) is 5.60. The lowest BCUT2D eigenvalue weighted by Crippen LogP contribution is -2.37. The molecule has 0 radical (unpaired) electrons. The molecule has 2 aliphatic rings. The molecule has 2 aromatic carbocycles. The van der Waals surface area contributed by atoms with Crippen molar-refractivity contribution in [3.8, 4) is 5.75 Å². The summed E-state index contributed by atoms with van der Waals surface area (Å²) >= 11 is 6.77. The van der Waals surface area contributed by atoms with Crippen molar-refractivity contribution >= 4 is 49.4 Å². The molecule has 0 aromatic heterocycles. The molecule has 1 aliphatic carbocycles. The van der Waals surface area contributed by atoms with E-state index in [0.717, 1.165) is 8.95 Å². The van der Waals surface area contributed by atoms with E-state index >= 15 is 0 Å². The number of benzene rings is 2. The summed E-state index contributed by atoms with van der Waals surface area (Å²) in [4.78, 5) is 38.8. The van der Waals surface area contributed by atoms with E-state index < -0.39 is 22.7 Å². The zero-order valence-electron chi connectivity index (χ0n) is 14.0. The Labute approximate surface area is 167 Å². The summed E-state index contributed by atoms with van der Waals surface area (Å²) in [6.07, 6.45) is 0. The number of carbonyl (C=O) groups excluding carboxylic acids is 3. The molecule has 0 N–H and O–H groups in total. The fraction of sp³-hybridized carbons (Fsp3) is 0.250. The van der Waals surface area contributed by atoms with E-state index in [1.807, 2.05) is 6.07 Å². The second-order valence-electron chi connectivity index (χ2n) is 6.91. The molecule has 0 spiro atoms. The summed E-state index contributed by atoms with van der Waals surface area (Å²) in [7, 11) is 0. The molecule has 4 nitrogen and oxygen atoms in total. The van der Waals surface area contributed by atoms with Crippen LogP contribution in [-0.4, -0.2) is 17.5 Å². The number of ether oxygens (including phenoxy) is 1. The average molecular weight is 478 g/mol. The molecule has 1 fully saturated rings. The van der Waals surface area contributed by atoms with Gasteiger partial charge in [0, 0.05) is 26.0 Å². The Balaban J connectivity index is 1.91. The second-order valence-corrected chi connectivity index (χ2v) is 8.74. The summed E-state index contributed by atoms with van der Waals surface area (Å²) in [5, 5.41) is 0. The Morgan fingerprint density at radius 2 is 1.65 bits per heavy atom. The summed E-state index contributed by atoms with van der Waals surface area (Å²) in [6, 6.07) is 12.2. The third-order valence-corrected chi connectivity index (χ3v) is 6.71. The number of esters is 1. The standard InChI is InChI=1S/C20H14Br2O4/c1-10(23)20-16(14-9-13(22)7-8-15(14)26-18(20)25)19(20,2)17(24)11-3-5-12(21)6-4-11/h3-9,16H,1-2H3/t16-,19+,20-/m1/s1. The van der Waals surface area contributed by atoms with Crippen LogP contribution in [-0.2, 0) is 9.59 Å². The van der Waals surface area contributed by atoms with Crippen molar-refractivity contribution in [3.05, 3.63) is 62.5 Å². The van der Waals surface area contributed by atoms with E-state index in [1.54, 1.807) is 43.3 Å². The van der Waals surface area contributed by atoms with Crippen molar-refractivity contribution in [3.63, 3.8) is 0 Å². The summed E-state index contributed by atoms with van der Waals surface area (Å²) < 4.78 is 7.12. The number of hydrogen-bond donors (Lipinski definition) is 0. The molecule has 26 heavy (non-hydrogen) atoms. The highest BCUT2D eigenvalue weighted by Gasteiger charge is 2.86. The third-order valence-electron chi connectivity index (χ3n) is 5.69. The zero-order valence-corrected chi connectivity index (χ0v) is 17.2. The molecular weight excluding hydrogens is 464 g/mol. The molecule has 3 atom stereocenters. The van der Waals surface area contributed by atoms with Crippen LogP contribution in [0, 0.1) is 10.8 Å². The fourth-order valence-electron chi connectivity index (χ4n) is 4.44. The van der Waals surface area contributed by atoms with Gasteiger partial charge in [0.1, 0.15) is 16.9 Å². The van der Waals surface area contributed by atoms with Crippen molar-refractivity contribution in [1.29, 1.82) is 0 Å². The Kier molecular flexibility index (Phi) is 3.80. The van der Waals surface area contributed by atoms with Crippen LogP contribution >= 0.6 is 31.9 Å². The van der Waals surface area contributed by atoms with Crippen LogP contribution in [0.3, 0.4) is 0 Å². The fourth-order valence-corrected chi connectivity index (χ4v) is 5.08. The number of rotatable bonds is 3. The van der Waals surface area contributed by atoms with Crippen LogP contribution in [0.4, 0.5) is 0 Å². The number of Topliss-reactive ketones (excluding diaryl/α,β-unsaturated/α-hetero) is 2. The SMILES string of the molecule is CC(=O)[C@]12C(=O)Oc3ccc(Br)cc3[C@@H]1[C@@]2(C)C(=O)c1ccc(Br)cc1. The van der Waals surface area contributed by atoms with Crippen molar-refractivity contribution in [1.82, 2.24) is 0 Å². The van der Waals surface area contributed by atoms with Gasteiger partial charge in [-0.3, -0.25) is 14.4 Å². The highest BCUT2D eigenvalue weighted by molar-refractivity contribution is 9.10. The lowest BCUT2D eigenvalue weighted by molar-refractivity contribution is -0.147. The van der Waals surface area contributed by atoms with Gasteiger partial charge in [0.05, 0.1) is 5.41 Å². The monoisotopic (exact) mass is 476 g/mol. The first-order chi connectivity index (χ1) is 12.2. The number of ketones is 2. The first kappa shape index (κ1) is 17.6. The van der Waals surface area contributed by atoms with Gasteiger partial charge < -0.3 is 4.74 Å². The van der Waals surface area contributed by atoms with Crippen LogP contribution in [0.5, 0.6) is 5.75 Å². The molecule has 1 heterocycles. The topological polar surface area (TPSA) is 60.4 Å². The van der Waals surface area contributed by atoms with Crippen molar-refractivity contribution in [2.45, 2.75) is 19.8 Å². The lowest BCUT2D eigenvalue weighted by Gasteiger charge is -2.21. The minimum absolute atomic E-state index is 0.227. The minimum atomic E-state index is -1.47. The van der Waals surface area contributed by atoms with Gasteiger partial charge in [-0.15, -0.1) is 0 Å². The number of halogens is 2. The summed E-state index contributed by atoms with van der Waals surface area (Å²) in [5.74, 6) is -1.33. The maximum Gasteiger partial charge on any atom is 0.326 e. The molecule has 6 heteroatoms. The van der Waals surface area contributed by atoms with E-state index in [4.69, 9.17) is 4.74 Å². The normalized spacial score (nSPS) is 28.6. The van der Waals surface area contributed by atoms with E-state index in [-0.39, 0.29) is 11.6 Å². The van der Waals surface area contributed by atoms with Crippen molar-refractivity contribution in [2.75, 3.05) is 0 Å². The van der Waals surface area contributed by atoms with Gasteiger partial charge in [-0.1, -0.05) is 50.9 Å². The van der Waals surface area contributed by atoms with Gasteiger partial charge in [0.15, 0.2) is 5.78 Å². The molecule has 0 saturated heterocycles. The predicted octanol–water partition coefficient (Wildman–Crippen LogP) is 4.69. The van der Waals surface area contributed by atoms with E-state index in [0.29, 0.717) is 16.9 Å². The van der Waals surface area contributed by atoms with Crippen molar-refractivity contribution < 1.29 is 19.1 Å². The van der Waals surface area contributed by atoms with Gasteiger partial charge in [-0.25, -0.2) is 0 Å². The van der Waals surface area contributed by atoms with E-state index in [2.05, 4.69) is 31.9 Å². The number of carbonyl (C=O) groups is 3. The van der Waals surface area contributed by atoms with Crippen LogP contribution in [0.15, 0.2) is 51.4 Å². The maximum atomic E-state index is 13.4. The predicted molar refractivity (Wildman–Crippen MR) is 102 cm³/mol. The van der Waals surface area contributed by atoms with Crippen LogP contribution in [0.25, 0.3) is 0 Å². The first-order valence-electron chi connectivity index (χ1n) is 8.07. The molecule has 0 bridgehead atoms. The Bertz CT molecular complexity index is 982. The molecule has 2 aromatic rings. The third kappa shape index (κ3) is 2.03. The lowest BCUT2D eigenvalue weighted by atomic mass is 9.85. The molecule has 0 amide bonds. The highest BCUT2D eigenvalue weighted by atomic mass is 79.9. The van der Waals surface area contributed by atoms with Crippen LogP contribution in [0.1, 0.15) is 35.7 Å². The molecule has 1 saturated carbocycles. The van der Waals surface area contributed by atoms with E-state index in [9.17, 15) is 14.4 Å². The number of hydrogen-bond acceptors (Lipinski definition) is 4. The van der Waals surface area contributed by atoms with Gasteiger partial charge in [-0.05, 0) is 37.3 Å². The van der Waals surface area contributed by atoms with E-state index in [1.165, 1.54) is 6.92 Å². The molecular formula is C20H14Br2O4. The summed E-state index contributed by atoms with van der Waals surface area (Å²) in [6.45, 7) is 3.05. The zero-order chi connectivity index (χ0) is 18.9. The quantitative estimate of drug-likeness (QED) is 0.278. The average Bonchev–Trinajstić information content (AvgIpc) is 3.20. The molecule has 0 unspecified atom stereocenters. The largest absolute Gasteiger partial charge is 0.425 e. The number of fused-ring (bicyclic) bond motifs is 3. The van der Waals surface area contributed by atoms with Gasteiger partial charge in [-0.2, -0.15) is 0 Å². The Morgan fingerprint density at radius 1 is 1.04 bits per heavy atom. The van der Waals surface area contributed by atoms with Gasteiger partial charge >= 0.3 is 5.97 Å². The maximum absolute atomic E-state index is 13.4. The molecule has 4 rings (SSSR count). The van der Waals surface area contributed by atoms with Crippen LogP contribution < -0.4 is 4.74 Å². The summed E-state index contributed by atoms with van der Waals surface area (Å²) in [5.41, 5.74) is -1.46.